The lowest BCUT2D eigenvalue weighted by molar-refractivity contribution is -0.143. The van der Waals surface area contributed by atoms with Crippen molar-refractivity contribution in [3.63, 3.8) is 0 Å². The van der Waals surface area contributed by atoms with Crippen LogP contribution in [0, 0.1) is 0 Å². The van der Waals surface area contributed by atoms with Crippen molar-refractivity contribution in [2.24, 2.45) is 4.99 Å². The summed E-state index contributed by atoms with van der Waals surface area (Å²) in [5.41, 5.74) is 0.938. The van der Waals surface area contributed by atoms with E-state index >= 15 is 0 Å². The molecule has 0 amide bonds. The molecule has 0 spiro atoms. The van der Waals surface area contributed by atoms with Crippen LogP contribution in [0.3, 0.4) is 0 Å². The molecular weight excluding hydrogens is 206 g/mol. The summed E-state index contributed by atoms with van der Waals surface area (Å²) >= 11 is 0. The van der Waals surface area contributed by atoms with E-state index in [1.807, 2.05) is 30.3 Å². The third-order valence-electron chi connectivity index (χ3n) is 2.00. The molecule has 0 saturated carbocycles. The lowest BCUT2D eigenvalue weighted by Crippen LogP contribution is -2.25. The van der Waals surface area contributed by atoms with Crippen LogP contribution >= 0.6 is 0 Å². The van der Waals surface area contributed by atoms with Crippen LogP contribution in [0.25, 0.3) is 0 Å². The molecule has 1 aromatic carbocycles. The predicted molar refractivity (Wildman–Crippen MR) is 61.7 cm³/mol. The maximum absolute atomic E-state index is 11.3. The first kappa shape index (κ1) is 12.4. The number of benzene rings is 1. The summed E-state index contributed by atoms with van der Waals surface area (Å²) in [6.45, 7) is 0.218. The van der Waals surface area contributed by atoms with Gasteiger partial charge in [-0.05, 0) is 5.56 Å². The molecule has 1 rings (SSSR count). The number of aliphatic imine (C=N–C) groups is 1. The zero-order chi connectivity index (χ0) is 11.8. The first-order valence-corrected chi connectivity index (χ1v) is 4.93. The fourth-order valence-corrected chi connectivity index (χ4v) is 1.18. The molecule has 4 nitrogen and oxygen atoms in total. The number of ether oxygens (including phenoxy) is 2. The van der Waals surface area contributed by atoms with E-state index in [1.165, 1.54) is 14.2 Å². The van der Waals surface area contributed by atoms with E-state index in [9.17, 15) is 4.79 Å². The van der Waals surface area contributed by atoms with Crippen molar-refractivity contribution in [1.82, 2.24) is 0 Å². The molecule has 0 bridgehead atoms. The summed E-state index contributed by atoms with van der Waals surface area (Å²) in [6.07, 6.45) is 1.64. The highest BCUT2D eigenvalue weighted by Gasteiger charge is 2.16. The molecule has 0 saturated heterocycles. The van der Waals surface area contributed by atoms with Crippen LogP contribution in [0.5, 0.6) is 0 Å². The molecule has 0 unspecified atom stereocenters. The molecule has 0 heterocycles. The fraction of sp³-hybridized carbons (Fsp3) is 0.333. The van der Waals surface area contributed by atoms with Gasteiger partial charge in [0.25, 0.3) is 0 Å². The van der Waals surface area contributed by atoms with E-state index < -0.39 is 12.0 Å². The van der Waals surface area contributed by atoms with Crippen molar-refractivity contribution in [1.29, 1.82) is 0 Å². The van der Waals surface area contributed by atoms with Crippen molar-refractivity contribution >= 4 is 12.2 Å². The van der Waals surface area contributed by atoms with Crippen LogP contribution in [0.1, 0.15) is 5.56 Å². The van der Waals surface area contributed by atoms with Crippen molar-refractivity contribution in [2.75, 3.05) is 20.8 Å². The molecule has 0 fully saturated rings. The Balaban J connectivity index is 2.68. The van der Waals surface area contributed by atoms with Crippen LogP contribution < -0.4 is 0 Å². The zero-order valence-electron chi connectivity index (χ0n) is 9.42. The molecule has 0 aromatic heterocycles. The van der Waals surface area contributed by atoms with Gasteiger partial charge < -0.3 is 9.47 Å². The van der Waals surface area contributed by atoms with Gasteiger partial charge in [0.1, 0.15) is 0 Å². The minimum atomic E-state index is -0.602. The summed E-state index contributed by atoms with van der Waals surface area (Å²) in [7, 11) is 2.86. The highest BCUT2D eigenvalue weighted by atomic mass is 16.5. The highest BCUT2D eigenvalue weighted by Crippen LogP contribution is 1.99. The normalized spacial score (nSPS) is 12.6. The Hall–Kier alpha value is -1.68. The van der Waals surface area contributed by atoms with Gasteiger partial charge in [0, 0.05) is 13.3 Å². The molecular formula is C12H15NO3. The lowest BCUT2D eigenvalue weighted by atomic mass is 10.2. The van der Waals surface area contributed by atoms with Crippen LogP contribution in [-0.2, 0) is 14.3 Å². The Morgan fingerprint density at radius 2 is 2.06 bits per heavy atom. The predicted octanol–water partition coefficient (Wildman–Crippen LogP) is 1.29. The van der Waals surface area contributed by atoms with Gasteiger partial charge in [-0.3, -0.25) is 4.99 Å². The first-order chi connectivity index (χ1) is 7.77. The average molecular weight is 221 g/mol. The third-order valence-corrected chi connectivity index (χ3v) is 2.00. The largest absolute Gasteiger partial charge is 0.467 e. The topological polar surface area (TPSA) is 47.9 Å². The molecule has 16 heavy (non-hydrogen) atoms. The second-order valence-corrected chi connectivity index (χ2v) is 3.18. The standard InChI is InChI=1S/C12H15NO3/c1-15-9-11(12(14)16-2)13-8-10-6-4-3-5-7-10/h3-8,11H,9H2,1-2H3/t11-/m0/s1. The molecule has 0 aliphatic carbocycles. The van der Waals surface area contributed by atoms with Crippen LogP contribution in [-0.4, -0.2) is 39.1 Å². The SMILES string of the molecule is COC[C@H](N=Cc1ccccc1)C(=O)OC. The second kappa shape index (κ2) is 6.74. The maximum atomic E-state index is 11.3. The van der Waals surface area contributed by atoms with Crippen LogP contribution in [0.15, 0.2) is 35.3 Å². The number of carbonyl (C=O) groups excluding carboxylic acids is 1. The molecule has 86 valence electrons. The van der Waals surface area contributed by atoms with Gasteiger partial charge in [0.15, 0.2) is 6.04 Å². The Kier molecular flexibility index (Phi) is 5.22. The molecule has 0 radical (unpaired) electrons. The van der Waals surface area contributed by atoms with E-state index in [0.717, 1.165) is 5.56 Å². The van der Waals surface area contributed by atoms with E-state index in [-0.39, 0.29) is 6.61 Å². The number of carbonyl (C=O) groups is 1. The van der Waals surface area contributed by atoms with Crippen LogP contribution in [0.2, 0.25) is 0 Å². The average Bonchev–Trinajstić information content (AvgIpc) is 2.34. The van der Waals surface area contributed by atoms with Gasteiger partial charge >= 0.3 is 5.97 Å². The van der Waals surface area contributed by atoms with Crippen molar-refractivity contribution < 1.29 is 14.3 Å². The van der Waals surface area contributed by atoms with Crippen molar-refractivity contribution in [2.45, 2.75) is 6.04 Å². The summed E-state index contributed by atoms with van der Waals surface area (Å²) in [5.74, 6) is -0.394. The van der Waals surface area contributed by atoms with Gasteiger partial charge in [-0.25, -0.2) is 4.79 Å². The van der Waals surface area contributed by atoms with Gasteiger partial charge in [0.05, 0.1) is 13.7 Å². The second-order valence-electron chi connectivity index (χ2n) is 3.18. The summed E-state index contributed by atoms with van der Waals surface area (Å²) < 4.78 is 9.52. The minimum Gasteiger partial charge on any atom is -0.467 e. The summed E-state index contributed by atoms with van der Waals surface area (Å²) in [4.78, 5) is 15.4. The number of methoxy groups -OCH3 is 2. The van der Waals surface area contributed by atoms with Gasteiger partial charge in [-0.2, -0.15) is 0 Å². The van der Waals surface area contributed by atoms with Crippen molar-refractivity contribution in [3.8, 4) is 0 Å². The fourth-order valence-electron chi connectivity index (χ4n) is 1.18. The van der Waals surface area contributed by atoms with Gasteiger partial charge in [-0.15, -0.1) is 0 Å². The lowest BCUT2D eigenvalue weighted by Gasteiger charge is -2.08. The Bertz CT molecular complexity index is 349. The summed E-state index contributed by atoms with van der Waals surface area (Å²) in [6, 6.07) is 8.95. The first-order valence-electron chi connectivity index (χ1n) is 4.93. The number of hydrogen-bond acceptors (Lipinski definition) is 4. The molecule has 0 aliphatic heterocycles. The minimum absolute atomic E-state index is 0.218. The van der Waals surface area contributed by atoms with E-state index in [1.54, 1.807) is 6.21 Å². The van der Waals surface area contributed by atoms with E-state index in [0.29, 0.717) is 0 Å². The quantitative estimate of drug-likeness (QED) is 0.556. The molecule has 4 heteroatoms. The van der Waals surface area contributed by atoms with E-state index in [4.69, 9.17) is 4.74 Å². The van der Waals surface area contributed by atoms with E-state index in [2.05, 4.69) is 9.73 Å². The molecule has 1 aromatic rings. The Morgan fingerprint density at radius 1 is 1.38 bits per heavy atom. The summed E-state index contributed by atoms with van der Waals surface area (Å²) in [5, 5.41) is 0. The number of nitrogens with zero attached hydrogens (tertiary/aromatic N) is 1. The third kappa shape index (κ3) is 3.82. The highest BCUT2D eigenvalue weighted by molar-refractivity contribution is 5.84. The van der Waals surface area contributed by atoms with Gasteiger partial charge in [-0.1, -0.05) is 30.3 Å². The zero-order valence-corrected chi connectivity index (χ0v) is 9.42. The number of rotatable bonds is 5. The monoisotopic (exact) mass is 221 g/mol. The Labute approximate surface area is 94.9 Å². The molecule has 1 atom stereocenters. The van der Waals surface area contributed by atoms with Crippen molar-refractivity contribution in [3.05, 3.63) is 35.9 Å². The Morgan fingerprint density at radius 3 is 2.62 bits per heavy atom. The molecule has 0 N–H and O–H groups in total. The van der Waals surface area contributed by atoms with Gasteiger partial charge in [0.2, 0.25) is 0 Å². The smallest absolute Gasteiger partial charge is 0.333 e. The maximum Gasteiger partial charge on any atom is 0.333 e. The van der Waals surface area contributed by atoms with Crippen LogP contribution in [0.4, 0.5) is 0 Å². The molecule has 0 aliphatic rings. The number of hydrogen-bond donors (Lipinski definition) is 0. The number of esters is 1.